The predicted octanol–water partition coefficient (Wildman–Crippen LogP) is 3.99. The molecular formula is C22H27F3O5. The highest BCUT2D eigenvalue weighted by Crippen LogP contribution is 2.45. The van der Waals surface area contributed by atoms with E-state index in [1.54, 1.807) is 0 Å². The Balaban J connectivity index is 2.09. The largest absolute Gasteiger partial charge is 0.501 e. The van der Waals surface area contributed by atoms with Crippen LogP contribution in [-0.4, -0.2) is 40.9 Å². The number of ether oxygens (including phenoxy) is 1. The Hall–Kier alpha value is -2.35. The maximum atomic E-state index is 13.4. The smallest absolute Gasteiger partial charge is 0.401 e. The number of carboxylic acids is 1. The number of Topliss-reactive ketones (excluding diaryl/α,β-unsaturated/α-hetero) is 1. The van der Waals surface area contributed by atoms with Crippen molar-refractivity contribution < 1.29 is 37.7 Å². The lowest BCUT2D eigenvalue weighted by molar-refractivity contribution is -0.195. The van der Waals surface area contributed by atoms with Crippen LogP contribution in [0.5, 0.6) is 0 Å². The number of hydrogen-bond donors (Lipinski definition) is 2. The van der Waals surface area contributed by atoms with E-state index in [4.69, 9.17) is 9.84 Å². The van der Waals surface area contributed by atoms with Crippen molar-refractivity contribution in [3.05, 3.63) is 47.2 Å². The van der Waals surface area contributed by atoms with Crippen molar-refractivity contribution >= 4 is 11.8 Å². The third kappa shape index (κ3) is 6.08. The molecule has 5 nitrogen and oxygen atoms in total. The van der Waals surface area contributed by atoms with Crippen LogP contribution in [-0.2, 0) is 20.7 Å². The number of halogens is 3. The number of allylic oxidation sites excluding steroid dienone is 1. The third-order valence-corrected chi connectivity index (χ3v) is 5.67. The minimum atomic E-state index is -4.80. The van der Waals surface area contributed by atoms with E-state index in [1.165, 1.54) is 12.3 Å². The first-order valence-electron chi connectivity index (χ1n) is 9.85. The fraction of sp³-hybridized carbons (Fsp3) is 0.545. The molecule has 0 heterocycles. The number of aryl methyl sites for hydroxylation is 3. The highest BCUT2D eigenvalue weighted by Gasteiger charge is 2.59. The summed E-state index contributed by atoms with van der Waals surface area (Å²) in [6.45, 7) is 3.84. The number of carbonyl (C=O) groups excluding carboxylic acids is 1. The molecule has 1 aliphatic carbocycles. The number of aliphatic hydroxyl groups excluding tert-OH is 1. The molecule has 30 heavy (non-hydrogen) atoms. The highest BCUT2D eigenvalue weighted by atomic mass is 19.4. The van der Waals surface area contributed by atoms with Gasteiger partial charge < -0.3 is 14.9 Å². The number of benzene rings is 1. The van der Waals surface area contributed by atoms with Crippen LogP contribution in [0.15, 0.2) is 30.5 Å². The lowest BCUT2D eigenvalue weighted by Gasteiger charge is -2.21. The molecule has 1 aromatic rings. The van der Waals surface area contributed by atoms with E-state index in [1.807, 2.05) is 32.0 Å². The van der Waals surface area contributed by atoms with Gasteiger partial charge in [-0.05, 0) is 61.8 Å². The molecule has 2 rings (SSSR count). The Labute approximate surface area is 173 Å². The fourth-order valence-corrected chi connectivity index (χ4v) is 3.89. The number of alkyl halides is 3. The van der Waals surface area contributed by atoms with E-state index in [-0.39, 0.29) is 25.9 Å². The van der Waals surface area contributed by atoms with Gasteiger partial charge in [-0.2, -0.15) is 13.2 Å². The Morgan fingerprint density at radius 1 is 1.23 bits per heavy atom. The van der Waals surface area contributed by atoms with Crippen LogP contribution >= 0.6 is 0 Å². The van der Waals surface area contributed by atoms with Crippen LogP contribution < -0.4 is 0 Å². The van der Waals surface area contributed by atoms with Gasteiger partial charge in [0, 0.05) is 5.92 Å². The maximum Gasteiger partial charge on any atom is 0.401 e. The van der Waals surface area contributed by atoms with Gasteiger partial charge in [-0.1, -0.05) is 18.2 Å². The molecule has 0 aliphatic heterocycles. The summed E-state index contributed by atoms with van der Waals surface area (Å²) in [5, 5.41) is 18.8. The van der Waals surface area contributed by atoms with Gasteiger partial charge in [0.1, 0.15) is 5.92 Å². The Morgan fingerprint density at radius 2 is 1.93 bits per heavy atom. The zero-order valence-corrected chi connectivity index (χ0v) is 17.0. The van der Waals surface area contributed by atoms with Gasteiger partial charge in [0.15, 0.2) is 5.78 Å². The molecule has 0 amide bonds. The van der Waals surface area contributed by atoms with Crippen LogP contribution in [0.3, 0.4) is 0 Å². The quantitative estimate of drug-likeness (QED) is 0.459. The standard InChI is InChI=1S/C22H27F3O5/c1-13-5-6-15(12-14(13)2)7-8-17-16(4-3-10-30-11-9-18(26)27)20(28)19(21(17)29)22(23,24)25/h3,5-6,10,12,16-17,19-20,28H,4,7-9,11H2,1-2H3,(H,26,27)/b10-3-/t16-,17-,19?,20?/m1/s1. The first-order valence-corrected chi connectivity index (χ1v) is 9.85. The van der Waals surface area contributed by atoms with Gasteiger partial charge >= 0.3 is 12.1 Å². The topological polar surface area (TPSA) is 83.8 Å². The molecule has 4 atom stereocenters. The predicted molar refractivity (Wildman–Crippen MR) is 104 cm³/mol. The first kappa shape index (κ1) is 23.9. The molecule has 2 N–H and O–H groups in total. The number of rotatable bonds is 9. The molecule has 0 spiro atoms. The first-order chi connectivity index (χ1) is 14.0. The van der Waals surface area contributed by atoms with Crippen LogP contribution in [0.1, 0.15) is 36.0 Å². The summed E-state index contributed by atoms with van der Waals surface area (Å²) < 4.78 is 45.1. The Morgan fingerprint density at radius 3 is 2.53 bits per heavy atom. The average Bonchev–Trinajstić information content (AvgIpc) is 2.88. The zero-order chi connectivity index (χ0) is 22.5. The van der Waals surface area contributed by atoms with Crippen LogP contribution in [0, 0.1) is 31.6 Å². The van der Waals surface area contributed by atoms with Crippen molar-refractivity contribution in [1.29, 1.82) is 0 Å². The number of hydrogen-bond acceptors (Lipinski definition) is 4. The van der Waals surface area contributed by atoms with Crippen LogP contribution in [0.4, 0.5) is 13.2 Å². The molecule has 1 aromatic carbocycles. The van der Waals surface area contributed by atoms with Crippen molar-refractivity contribution in [2.45, 2.75) is 51.8 Å². The average molecular weight is 428 g/mol. The summed E-state index contributed by atoms with van der Waals surface area (Å²) in [5.41, 5.74) is 3.10. The van der Waals surface area contributed by atoms with E-state index in [9.17, 15) is 27.9 Å². The maximum absolute atomic E-state index is 13.4. The molecule has 1 aliphatic rings. The van der Waals surface area contributed by atoms with Gasteiger partial charge in [-0.25, -0.2) is 0 Å². The van der Waals surface area contributed by atoms with Gasteiger partial charge in [-0.15, -0.1) is 0 Å². The second kappa shape index (κ2) is 10.1. The molecule has 0 saturated heterocycles. The van der Waals surface area contributed by atoms with E-state index in [2.05, 4.69) is 0 Å². The van der Waals surface area contributed by atoms with Crippen molar-refractivity contribution in [2.75, 3.05) is 6.61 Å². The minimum absolute atomic E-state index is 0.0319. The zero-order valence-electron chi connectivity index (χ0n) is 17.0. The lowest BCUT2D eigenvalue weighted by Crippen LogP contribution is -2.36. The number of carbonyl (C=O) groups is 2. The molecule has 0 aromatic heterocycles. The van der Waals surface area contributed by atoms with Gasteiger partial charge in [-0.3, -0.25) is 9.59 Å². The Kier molecular flexibility index (Phi) is 8.06. The van der Waals surface area contributed by atoms with Gasteiger partial charge in [0.25, 0.3) is 0 Å². The summed E-state index contributed by atoms with van der Waals surface area (Å²) in [5.74, 6) is -6.18. The second-order valence-electron chi connectivity index (χ2n) is 7.76. The number of aliphatic hydroxyl groups is 1. The summed E-state index contributed by atoms with van der Waals surface area (Å²) in [7, 11) is 0. The van der Waals surface area contributed by atoms with Crippen molar-refractivity contribution in [2.24, 2.45) is 17.8 Å². The molecule has 0 bridgehead atoms. The summed E-state index contributed by atoms with van der Waals surface area (Å²) in [4.78, 5) is 23.0. The molecule has 0 radical (unpaired) electrons. The summed E-state index contributed by atoms with van der Waals surface area (Å²) >= 11 is 0. The normalized spacial score (nSPS) is 24.5. The number of aliphatic carboxylic acids is 1. The van der Waals surface area contributed by atoms with Crippen molar-refractivity contribution in [3.63, 3.8) is 0 Å². The molecular weight excluding hydrogens is 401 g/mol. The van der Waals surface area contributed by atoms with E-state index in [0.29, 0.717) is 6.42 Å². The van der Waals surface area contributed by atoms with Crippen molar-refractivity contribution in [1.82, 2.24) is 0 Å². The minimum Gasteiger partial charge on any atom is -0.501 e. The Bertz CT molecular complexity index is 787. The third-order valence-electron chi connectivity index (χ3n) is 5.67. The molecule has 1 saturated carbocycles. The molecule has 166 valence electrons. The van der Waals surface area contributed by atoms with E-state index >= 15 is 0 Å². The number of carboxylic acid groups (broad SMARTS) is 1. The summed E-state index contributed by atoms with van der Waals surface area (Å²) in [6, 6.07) is 5.78. The van der Waals surface area contributed by atoms with Crippen LogP contribution in [0.25, 0.3) is 0 Å². The molecule has 1 fully saturated rings. The molecule has 2 unspecified atom stereocenters. The van der Waals surface area contributed by atoms with E-state index < -0.39 is 41.8 Å². The SMILES string of the molecule is Cc1ccc(CC[C@H]2C(=O)C(C(F)(F)F)C(O)[C@@H]2C/C=C\OCCC(=O)O)cc1C. The van der Waals surface area contributed by atoms with Crippen molar-refractivity contribution in [3.8, 4) is 0 Å². The highest BCUT2D eigenvalue weighted by molar-refractivity contribution is 5.87. The lowest BCUT2D eigenvalue weighted by atomic mass is 9.86. The van der Waals surface area contributed by atoms with Crippen LogP contribution in [0.2, 0.25) is 0 Å². The van der Waals surface area contributed by atoms with Gasteiger partial charge in [0.2, 0.25) is 0 Å². The fourth-order valence-electron chi connectivity index (χ4n) is 3.89. The molecule has 8 heteroatoms. The summed E-state index contributed by atoms with van der Waals surface area (Å²) in [6.07, 6.45) is -3.50. The van der Waals surface area contributed by atoms with E-state index in [0.717, 1.165) is 16.7 Å². The van der Waals surface area contributed by atoms with Gasteiger partial charge in [0.05, 0.1) is 25.4 Å². The number of ketones is 1. The monoisotopic (exact) mass is 428 g/mol. The second-order valence-corrected chi connectivity index (χ2v) is 7.76.